The van der Waals surface area contributed by atoms with Crippen LogP contribution in [0.1, 0.15) is 11.7 Å². The number of aliphatic hydroxyl groups excluding tert-OH is 1. The molecular formula is C15H16ClN3O3. The average molecular weight is 322 g/mol. The molecule has 0 saturated heterocycles. The van der Waals surface area contributed by atoms with Gasteiger partial charge in [0, 0.05) is 17.8 Å². The first-order chi connectivity index (χ1) is 10.6. The van der Waals surface area contributed by atoms with E-state index >= 15 is 0 Å². The normalized spacial score (nSPS) is 11.6. The number of rotatable bonds is 5. The van der Waals surface area contributed by atoms with Gasteiger partial charge in [0.25, 0.3) is 0 Å². The average Bonchev–Trinajstić information content (AvgIpc) is 2.53. The van der Waals surface area contributed by atoms with Crippen molar-refractivity contribution in [2.75, 3.05) is 19.0 Å². The predicted octanol–water partition coefficient (Wildman–Crippen LogP) is 2.60. The van der Waals surface area contributed by atoms with Crippen LogP contribution < -0.4 is 15.4 Å². The van der Waals surface area contributed by atoms with Crippen molar-refractivity contribution in [1.29, 1.82) is 0 Å². The molecule has 0 bridgehead atoms. The SMILES string of the molecule is COc1ncccc1NC(=O)NC[C@@H](O)c1cccc(Cl)c1. The molecule has 22 heavy (non-hydrogen) atoms. The summed E-state index contributed by atoms with van der Waals surface area (Å²) >= 11 is 5.86. The molecule has 2 amide bonds. The summed E-state index contributed by atoms with van der Waals surface area (Å²) < 4.78 is 5.04. The molecule has 2 rings (SSSR count). The second kappa shape index (κ2) is 7.63. The molecule has 6 nitrogen and oxygen atoms in total. The minimum Gasteiger partial charge on any atom is -0.480 e. The van der Waals surface area contributed by atoms with Gasteiger partial charge in [-0.2, -0.15) is 0 Å². The van der Waals surface area contributed by atoms with Crippen LogP contribution >= 0.6 is 11.6 Å². The third-order valence-corrected chi connectivity index (χ3v) is 3.14. The molecule has 3 N–H and O–H groups in total. The molecule has 0 unspecified atom stereocenters. The van der Waals surface area contributed by atoms with Gasteiger partial charge in [-0.15, -0.1) is 0 Å². The van der Waals surface area contributed by atoms with Crippen molar-refractivity contribution in [3.63, 3.8) is 0 Å². The van der Waals surface area contributed by atoms with Gasteiger partial charge in [-0.1, -0.05) is 23.7 Å². The third-order valence-electron chi connectivity index (χ3n) is 2.90. The Kier molecular flexibility index (Phi) is 5.57. The zero-order valence-electron chi connectivity index (χ0n) is 11.9. The van der Waals surface area contributed by atoms with E-state index in [0.29, 0.717) is 22.2 Å². The minimum absolute atomic E-state index is 0.0504. The fraction of sp³-hybridized carbons (Fsp3) is 0.200. The van der Waals surface area contributed by atoms with E-state index < -0.39 is 12.1 Å². The van der Waals surface area contributed by atoms with Crippen molar-refractivity contribution in [3.05, 3.63) is 53.2 Å². The van der Waals surface area contributed by atoms with Crippen molar-refractivity contribution < 1.29 is 14.6 Å². The summed E-state index contributed by atoms with van der Waals surface area (Å²) in [6, 6.07) is 9.72. The lowest BCUT2D eigenvalue weighted by molar-refractivity contribution is 0.175. The van der Waals surface area contributed by atoms with Gasteiger partial charge in [0.05, 0.1) is 13.2 Å². The monoisotopic (exact) mass is 321 g/mol. The molecule has 116 valence electrons. The lowest BCUT2D eigenvalue weighted by atomic mass is 10.1. The number of urea groups is 1. The second-order valence-electron chi connectivity index (χ2n) is 4.47. The van der Waals surface area contributed by atoms with Gasteiger partial charge in [-0.25, -0.2) is 9.78 Å². The van der Waals surface area contributed by atoms with Crippen LogP contribution in [-0.2, 0) is 0 Å². The van der Waals surface area contributed by atoms with E-state index in [9.17, 15) is 9.90 Å². The third kappa shape index (κ3) is 4.34. The van der Waals surface area contributed by atoms with Gasteiger partial charge in [0.2, 0.25) is 5.88 Å². The predicted molar refractivity (Wildman–Crippen MR) is 84.2 cm³/mol. The van der Waals surface area contributed by atoms with E-state index in [1.54, 1.807) is 42.6 Å². The number of benzene rings is 1. The van der Waals surface area contributed by atoms with Gasteiger partial charge in [0.15, 0.2) is 0 Å². The quantitative estimate of drug-likeness (QED) is 0.790. The first-order valence-electron chi connectivity index (χ1n) is 6.57. The second-order valence-corrected chi connectivity index (χ2v) is 4.90. The number of nitrogens with one attached hydrogen (secondary N) is 2. The largest absolute Gasteiger partial charge is 0.480 e. The maximum absolute atomic E-state index is 11.8. The van der Waals surface area contributed by atoms with Crippen LogP contribution in [0.25, 0.3) is 0 Å². The number of carbonyl (C=O) groups excluding carboxylic acids is 1. The van der Waals surface area contributed by atoms with Gasteiger partial charge in [-0.05, 0) is 29.8 Å². The molecule has 7 heteroatoms. The van der Waals surface area contributed by atoms with E-state index in [2.05, 4.69) is 15.6 Å². The Balaban J connectivity index is 1.90. The molecule has 0 fully saturated rings. The number of hydrogen-bond donors (Lipinski definition) is 3. The maximum atomic E-state index is 11.8. The highest BCUT2D eigenvalue weighted by atomic mass is 35.5. The van der Waals surface area contributed by atoms with Crippen LogP contribution in [0.15, 0.2) is 42.6 Å². The molecule has 0 radical (unpaired) electrons. The molecule has 0 spiro atoms. The number of aromatic nitrogens is 1. The highest BCUT2D eigenvalue weighted by Crippen LogP contribution is 2.20. The first-order valence-corrected chi connectivity index (χ1v) is 6.95. The Morgan fingerprint density at radius 3 is 2.95 bits per heavy atom. The number of methoxy groups -OCH3 is 1. The van der Waals surface area contributed by atoms with Crippen LogP contribution in [0.2, 0.25) is 5.02 Å². The Morgan fingerprint density at radius 2 is 2.23 bits per heavy atom. The van der Waals surface area contributed by atoms with E-state index in [-0.39, 0.29) is 6.54 Å². The van der Waals surface area contributed by atoms with Gasteiger partial charge in [-0.3, -0.25) is 0 Å². The molecule has 0 aliphatic carbocycles. The van der Waals surface area contributed by atoms with E-state index in [0.717, 1.165) is 0 Å². The standard InChI is InChI=1S/C15H16ClN3O3/c1-22-14-12(6-3-7-17-14)19-15(21)18-9-13(20)10-4-2-5-11(16)8-10/h2-8,13,20H,9H2,1H3,(H2,18,19,21)/t13-/m1/s1. The van der Waals surface area contributed by atoms with Crippen LogP contribution in [-0.4, -0.2) is 29.8 Å². The van der Waals surface area contributed by atoms with E-state index in [1.807, 2.05) is 0 Å². The number of aliphatic hydroxyl groups is 1. The topological polar surface area (TPSA) is 83.5 Å². The van der Waals surface area contributed by atoms with E-state index in [4.69, 9.17) is 16.3 Å². The van der Waals surface area contributed by atoms with E-state index in [1.165, 1.54) is 7.11 Å². The number of pyridine rings is 1. The summed E-state index contributed by atoms with van der Waals surface area (Å²) in [5.74, 6) is 0.313. The first kappa shape index (κ1) is 16.1. The molecule has 0 saturated carbocycles. The lowest BCUT2D eigenvalue weighted by Gasteiger charge is -2.14. The number of halogens is 1. The van der Waals surface area contributed by atoms with Crippen molar-refractivity contribution in [2.24, 2.45) is 0 Å². The molecule has 0 aliphatic rings. The van der Waals surface area contributed by atoms with Crippen LogP contribution in [0, 0.1) is 0 Å². The van der Waals surface area contributed by atoms with Crippen LogP contribution in [0.3, 0.4) is 0 Å². The van der Waals surface area contributed by atoms with Gasteiger partial charge in [0.1, 0.15) is 5.69 Å². The molecule has 1 atom stereocenters. The highest BCUT2D eigenvalue weighted by Gasteiger charge is 2.11. The van der Waals surface area contributed by atoms with Crippen molar-refractivity contribution in [3.8, 4) is 5.88 Å². The maximum Gasteiger partial charge on any atom is 0.319 e. The van der Waals surface area contributed by atoms with Crippen LogP contribution in [0.5, 0.6) is 5.88 Å². The fourth-order valence-corrected chi connectivity index (χ4v) is 2.03. The molecule has 0 aliphatic heterocycles. The number of hydrogen-bond acceptors (Lipinski definition) is 4. The molecule has 1 heterocycles. The number of carbonyl (C=O) groups is 1. The number of anilines is 1. The van der Waals surface area contributed by atoms with Gasteiger partial charge >= 0.3 is 6.03 Å². The molecule has 1 aromatic heterocycles. The fourth-order valence-electron chi connectivity index (χ4n) is 1.84. The Morgan fingerprint density at radius 1 is 1.41 bits per heavy atom. The molecule has 2 aromatic rings. The Hall–Kier alpha value is -2.31. The minimum atomic E-state index is -0.847. The summed E-state index contributed by atoms with van der Waals surface area (Å²) in [6.07, 6.45) is 0.713. The lowest BCUT2D eigenvalue weighted by Crippen LogP contribution is -2.32. The van der Waals surface area contributed by atoms with Crippen molar-refractivity contribution >= 4 is 23.3 Å². The number of amides is 2. The Bertz CT molecular complexity index is 651. The van der Waals surface area contributed by atoms with Crippen molar-refractivity contribution in [1.82, 2.24) is 10.3 Å². The smallest absolute Gasteiger partial charge is 0.319 e. The summed E-state index contributed by atoms with van der Waals surface area (Å²) in [5, 5.41) is 15.7. The summed E-state index contributed by atoms with van der Waals surface area (Å²) in [7, 11) is 1.47. The van der Waals surface area contributed by atoms with Crippen LogP contribution in [0.4, 0.5) is 10.5 Å². The Labute approximate surface area is 133 Å². The van der Waals surface area contributed by atoms with Gasteiger partial charge < -0.3 is 20.5 Å². The zero-order valence-corrected chi connectivity index (χ0v) is 12.7. The summed E-state index contributed by atoms with van der Waals surface area (Å²) in [6.45, 7) is 0.0504. The summed E-state index contributed by atoms with van der Waals surface area (Å²) in [5.41, 5.74) is 1.08. The molecule has 1 aromatic carbocycles. The highest BCUT2D eigenvalue weighted by molar-refractivity contribution is 6.30. The molecular weight excluding hydrogens is 306 g/mol. The number of nitrogens with zero attached hydrogens (tertiary/aromatic N) is 1. The zero-order chi connectivity index (χ0) is 15.9. The summed E-state index contributed by atoms with van der Waals surface area (Å²) in [4.78, 5) is 15.8. The number of ether oxygens (including phenoxy) is 1. The van der Waals surface area contributed by atoms with Crippen molar-refractivity contribution in [2.45, 2.75) is 6.10 Å².